The lowest BCUT2D eigenvalue weighted by Gasteiger charge is -2.13. The Morgan fingerprint density at radius 1 is 1.18 bits per heavy atom. The molecule has 0 radical (unpaired) electrons. The molecular weight excluding hydrogens is 501 g/mol. The average Bonchev–Trinajstić information content (AvgIpc) is 3.30. The number of hydrogen-bond acceptors (Lipinski definition) is 5. The number of thiocarbonyl (C=S) groups is 1. The van der Waals surface area contributed by atoms with Crippen molar-refractivity contribution < 1.29 is 14.7 Å². The number of rotatable bonds is 7. The topological polar surface area (TPSA) is 75.4 Å². The number of nitrogens with zero attached hydrogens (tertiary/aromatic N) is 3. The first-order chi connectivity index (χ1) is 15.8. The lowest BCUT2D eigenvalue weighted by atomic mass is 10.1. The number of halogens is 2. The molecule has 0 spiro atoms. The number of hydrogen-bond donors (Lipinski definition) is 1. The summed E-state index contributed by atoms with van der Waals surface area (Å²) in [6, 6.07) is 14.7. The second-order valence-corrected chi connectivity index (χ2v) is 9.69. The van der Waals surface area contributed by atoms with Crippen molar-refractivity contribution in [2.75, 3.05) is 6.54 Å². The SMILES string of the molecule is O=C(O)CCCN1C(=O)/C(=C/c2cn(-c3ccccc3)nc2-c2ccc(Cl)cc2Cl)SC1=S. The van der Waals surface area contributed by atoms with Crippen molar-refractivity contribution in [3.8, 4) is 16.9 Å². The number of carbonyl (C=O) groups excluding carboxylic acids is 1. The standard InChI is InChI=1S/C23H17Cl2N3O3S2/c24-15-8-9-17(18(25)12-15)21-14(13-28(26-21)16-5-2-1-3-6-16)11-19-22(31)27(23(32)33-19)10-4-7-20(29)30/h1-3,5-6,8-9,11-13H,4,7,10H2,(H,29,30)/b19-11-. The van der Waals surface area contributed by atoms with Crippen LogP contribution < -0.4 is 0 Å². The third kappa shape index (κ3) is 5.30. The molecule has 1 fully saturated rings. The van der Waals surface area contributed by atoms with E-state index in [4.69, 9.17) is 45.6 Å². The maximum absolute atomic E-state index is 13.0. The summed E-state index contributed by atoms with van der Waals surface area (Å²) in [5, 5.41) is 14.5. The van der Waals surface area contributed by atoms with Gasteiger partial charge in [-0.3, -0.25) is 14.5 Å². The number of aliphatic carboxylic acids is 1. The molecule has 10 heteroatoms. The first-order valence-electron chi connectivity index (χ1n) is 9.91. The first-order valence-corrected chi connectivity index (χ1v) is 11.9. The van der Waals surface area contributed by atoms with Gasteiger partial charge in [-0.15, -0.1) is 0 Å². The Bertz CT molecular complexity index is 1280. The Morgan fingerprint density at radius 2 is 1.94 bits per heavy atom. The fourth-order valence-corrected chi connectivity index (χ4v) is 5.12. The molecule has 1 amide bonds. The van der Waals surface area contributed by atoms with Gasteiger partial charge < -0.3 is 5.11 Å². The molecule has 6 nitrogen and oxygen atoms in total. The van der Waals surface area contributed by atoms with Gasteiger partial charge in [0.25, 0.3) is 5.91 Å². The van der Waals surface area contributed by atoms with Crippen molar-refractivity contribution in [1.82, 2.24) is 14.7 Å². The number of para-hydroxylation sites is 1. The number of thioether (sulfide) groups is 1. The summed E-state index contributed by atoms with van der Waals surface area (Å²) in [6.45, 7) is 0.257. The van der Waals surface area contributed by atoms with Gasteiger partial charge in [-0.2, -0.15) is 5.10 Å². The largest absolute Gasteiger partial charge is 0.481 e. The van der Waals surface area contributed by atoms with Crippen LogP contribution in [0.25, 0.3) is 23.0 Å². The van der Waals surface area contributed by atoms with Crippen molar-refractivity contribution in [3.05, 3.63) is 75.2 Å². The average molecular weight is 518 g/mol. The predicted octanol–water partition coefficient (Wildman–Crippen LogP) is 5.91. The molecule has 168 valence electrons. The molecule has 1 aliphatic rings. The maximum Gasteiger partial charge on any atom is 0.303 e. The molecule has 1 aromatic heterocycles. The van der Waals surface area contributed by atoms with Crippen LogP contribution in [-0.4, -0.2) is 42.5 Å². The molecule has 1 saturated heterocycles. The monoisotopic (exact) mass is 517 g/mol. The molecule has 2 heterocycles. The fourth-order valence-electron chi connectivity index (χ4n) is 3.32. The molecule has 0 atom stereocenters. The van der Waals surface area contributed by atoms with E-state index in [1.807, 2.05) is 36.5 Å². The molecule has 2 aromatic carbocycles. The van der Waals surface area contributed by atoms with Gasteiger partial charge in [-0.1, -0.05) is 65.4 Å². The Balaban J connectivity index is 1.73. The van der Waals surface area contributed by atoms with Crippen LogP contribution in [0.5, 0.6) is 0 Å². The van der Waals surface area contributed by atoms with E-state index in [0.29, 0.717) is 42.5 Å². The van der Waals surface area contributed by atoms with E-state index in [1.54, 1.807) is 29.0 Å². The molecule has 0 saturated carbocycles. The minimum atomic E-state index is -0.909. The van der Waals surface area contributed by atoms with Crippen molar-refractivity contribution >= 4 is 69.5 Å². The van der Waals surface area contributed by atoms with E-state index in [1.165, 1.54) is 16.7 Å². The van der Waals surface area contributed by atoms with E-state index in [-0.39, 0.29) is 18.9 Å². The van der Waals surface area contributed by atoms with Crippen LogP contribution in [0.15, 0.2) is 59.6 Å². The number of carboxylic acid groups (broad SMARTS) is 1. The van der Waals surface area contributed by atoms with Crippen LogP contribution in [0.4, 0.5) is 0 Å². The molecular formula is C23H17Cl2N3O3S2. The smallest absolute Gasteiger partial charge is 0.303 e. The minimum Gasteiger partial charge on any atom is -0.481 e. The summed E-state index contributed by atoms with van der Waals surface area (Å²) >= 11 is 19.1. The van der Waals surface area contributed by atoms with E-state index < -0.39 is 5.97 Å². The Hall–Kier alpha value is -2.65. The van der Waals surface area contributed by atoms with Crippen LogP contribution in [0, 0.1) is 0 Å². The van der Waals surface area contributed by atoms with Gasteiger partial charge in [0.1, 0.15) is 10.0 Å². The summed E-state index contributed by atoms with van der Waals surface area (Å²) in [5.74, 6) is -1.16. The second-order valence-electron chi connectivity index (χ2n) is 7.17. The highest BCUT2D eigenvalue weighted by Gasteiger charge is 2.32. The third-order valence-electron chi connectivity index (χ3n) is 4.88. The highest BCUT2D eigenvalue weighted by Crippen LogP contribution is 2.37. The van der Waals surface area contributed by atoms with E-state index in [0.717, 1.165) is 5.69 Å². The van der Waals surface area contributed by atoms with Crippen LogP contribution in [0.1, 0.15) is 18.4 Å². The lowest BCUT2D eigenvalue weighted by Crippen LogP contribution is -2.29. The van der Waals surface area contributed by atoms with Crippen LogP contribution >= 0.6 is 47.2 Å². The molecule has 0 unspecified atom stereocenters. The molecule has 1 aliphatic heterocycles. The van der Waals surface area contributed by atoms with Gasteiger partial charge >= 0.3 is 5.97 Å². The van der Waals surface area contributed by atoms with E-state index in [9.17, 15) is 9.59 Å². The van der Waals surface area contributed by atoms with Gasteiger partial charge in [0.15, 0.2) is 0 Å². The Kier molecular flexibility index (Phi) is 7.19. The van der Waals surface area contributed by atoms with Crippen molar-refractivity contribution in [2.45, 2.75) is 12.8 Å². The summed E-state index contributed by atoms with van der Waals surface area (Å²) < 4.78 is 2.12. The zero-order valence-electron chi connectivity index (χ0n) is 17.1. The number of aromatic nitrogens is 2. The van der Waals surface area contributed by atoms with Gasteiger partial charge in [0.2, 0.25) is 0 Å². The summed E-state index contributed by atoms with van der Waals surface area (Å²) in [4.78, 5) is 25.6. The Labute approximate surface area is 209 Å². The number of benzene rings is 2. The maximum atomic E-state index is 13.0. The first kappa shape index (κ1) is 23.5. The van der Waals surface area contributed by atoms with Crippen molar-refractivity contribution in [1.29, 1.82) is 0 Å². The molecule has 0 bridgehead atoms. The quantitative estimate of drug-likeness (QED) is 0.310. The van der Waals surface area contributed by atoms with Gasteiger partial charge in [0, 0.05) is 35.3 Å². The Morgan fingerprint density at radius 3 is 2.64 bits per heavy atom. The highest BCUT2D eigenvalue weighted by atomic mass is 35.5. The molecule has 1 N–H and O–H groups in total. The zero-order valence-corrected chi connectivity index (χ0v) is 20.2. The molecule has 3 aromatic rings. The highest BCUT2D eigenvalue weighted by molar-refractivity contribution is 8.26. The normalized spacial score (nSPS) is 15.0. The molecule has 33 heavy (non-hydrogen) atoms. The van der Waals surface area contributed by atoms with Crippen LogP contribution in [0.2, 0.25) is 10.0 Å². The lowest BCUT2D eigenvalue weighted by molar-refractivity contribution is -0.137. The number of carbonyl (C=O) groups is 2. The summed E-state index contributed by atoms with van der Waals surface area (Å²) in [5.41, 5.74) is 2.81. The predicted molar refractivity (Wildman–Crippen MR) is 136 cm³/mol. The summed E-state index contributed by atoms with van der Waals surface area (Å²) in [7, 11) is 0. The van der Waals surface area contributed by atoms with Crippen LogP contribution in [0.3, 0.4) is 0 Å². The van der Waals surface area contributed by atoms with Gasteiger partial charge in [0.05, 0.1) is 15.6 Å². The van der Waals surface area contributed by atoms with E-state index in [2.05, 4.69) is 0 Å². The van der Waals surface area contributed by atoms with Gasteiger partial charge in [-0.05, 0) is 42.8 Å². The fraction of sp³-hybridized carbons (Fsp3) is 0.130. The van der Waals surface area contributed by atoms with Crippen LogP contribution in [-0.2, 0) is 9.59 Å². The van der Waals surface area contributed by atoms with Gasteiger partial charge in [-0.25, -0.2) is 4.68 Å². The second kappa shape index (κ2) is 10.1. The minimum absolute atomic E-state index is 0.0286. The van der Waals surface area contributed by atoms with Crippen molar-refractivity contribution in [2.24, 2.45) is 0 Å². The number of amides is 1. The van der Waals surface area contributed by atoms with Crippen molar-refractivity contribution in [3.63, 3.8) is 0 Å². The third-order valence-corrected chi connectivity index (χ3v) is 6.81. The summed E-state index contributed by atoms with van der Waals surface area (Å²) in [6.07, 6.45) is 3.86. The zero-order chi connectivity index (χ0) is 23.5. The van der Waals surface area contributed by atoms with E-state index >= 15 is 0 Å². The number of carboxylic acids is 1. The molecule has 4 rings (SSSR count). The molecule has 0 aliphatic carbocycles.